The smallest absolute Gasteiger partial charge is 0.0908 e. The van der Waals surface area contributed by atoms with Gasteiger partial charge in [0.25, 0.3) is 0 Å². The van der Waals surface area contributed by atoms with E-state index in [1.807, 2.05) is 31.2 Å². The highest BCUT2D eigenvalue weighted by molar-refractivity contribution is 6.30. The lowest BCUT2D eigenvalue weighted by molar-refractivity contribution is 0.0576. The van der Waals surface area contributed by atoms with Gasteiger partial charge in [0.05, 0.1) is 5.60 Å². The van der Waals surface area contributed by atoms with Gasteiger partial charge in [0.1, 0.15) is 0 Å². The summed E-state index contributed by atoms with van der Waals surface area (Å²) in [5.41, 5.74) is 2.46. The van der Waals surface area contributed by atoms with E-state index in [2.05, 4.69) is 31.2 Å². The maximum Gasteiger partial charge on any atom is 0.0908 e. The Hall–Kier alpha value is -1.31. The van der Waals surface area contributed by atoms with Gasteiger partial charge >= 0.3 is 0 Å². The number of hydrogen-bond acceptors (Lipinski definition) is 1. The lowest BCUT2D eigenvalue weighted by Crippen LogP contribution is -2.24. The zero-order valence-electron chi connectivity index (χ0n) is 11.4. The molecule has 0 fully saturated rings. The number of aryl methyl sites for hydroxylation is 1. The quantitative estimate of drug-likeness (QED) is 0.879. The van der Waals surface area contributed by atoms with E-state index < -0.39 is 5.60 Å². The zero-order chi connectivity index (χ0) is 13.9. The van der Waals surface area contributed by atoms with Crippen molar-refractivity contribution in [1.29, 1.82) is 0 Å². The average molecular weight is 275 g/mol. The SMILES string of the molecule is CCc1ccc(CC(C)(O)c2ccc(Cl)cc2)cc1. The number of benzene rings is 2. The van der Waals surface area contributed by atoms with Crippen molar-refractivity contribution in [3.05, 3.63) is 70.2 Å². The maximum atomic E-state index is 10.6. The molecule has 0 bridgehead atoms. The second-order valence-electron chi connectivity index (χ2n) is 5.13. The molecule has 2 aromatic rings. The van der Waals surface area contributed by atoms with E-state index in [9.17, 15) is 5.11 Å². The Labute approximate surface area is 119 Å². The first-order valence-electron chi connectivity index (χ1n) is 6.57. The Morgan fingerprint density at radius 2 is 1.47 bits per heavy atom. The fourth-order valence-corrected chi connectivity index (χ4v) is 2.33. The molecular weight excluding hydrogens is 256 g/mol. The minimum absolute atomic E-state index is 0.596. The third kappa shape index (κ3) is 3.59. The van der Waals surface area contributed by atoms with Crippen molar-refractivity contribution in [3.63, 3.8) is 0 Å². The summed E-state index contributed by atoms with van der Waals surface area (Å²) in [7, 11) is 0. The second-order valence-corrected chi connectivity index (χ2v) is 5.56. The van der Waals surface area contributed by atoms with E-state index in [4.69, 9.17) is 11.6 Å². The summed E-state index contributed by atoms with van der Waals surface area (Å²) in [5.74, 6) is 0. The summed E-state index contributed by atoms with van der Waals surface area (Å²) in [6.45, 7) is 3.98. The van der Waals surface area contributed by atoms with E-state index in [0.29, 0.717) is 11.4 Å². The molecule has 0 aliphatic carbocycles. The molecule has 1 unspecified atom stereocenters. The first kappa shape index (κ1) is 14.1. The Kier molecular flexibility index (Phi) is 4.28. The van der Waals surface area contributed by atoms with Crippen LogP contribution in [0.3, 0.4) is 0 Å². The predicted molar refractivity (Wildman–Crippen MR) is 80.5 cm³/mol. The highest BCUT2D eigenvalue weighted by atomic mass is 35.5. The van der Waals surface area contributed by atoms with Crippen molar-refractivity contribution in [2.24, 2.45) is 0 Å². The van der Waals surface area contributed by atoms with E-state index in [1.165, 1.54) is 5.56 Å². The zero-order valence-corrected chi connectivity index (χ0v) is 12.1. The minimum Gasteiger partial charge on any atom is -0.385 e. The van der Waals surface area contributed by atoms with Crippen LogP contribution in [0.4, 0.5) is 0 Å². The van der Waals surface area contributed by atoms with Crippen LogP contribution in [0.2, 0.25) is 5.02 Å². The Bertz CT molecular complexity index is 526. The molecule has 19 heavy (non-hydrogen) atoms. The number of halogens is 1. The molecule has 0 amide bonds. The van der Waals surface area contributed by atoms with Crippen molar-refractivity contribution in [2.75, 3.05) is 0 Å². The van der Waals surface area contributed by atoms with E-state index in [-0.39, 0.29) is 0 Å². The molecule has 1 nitrogen and oxygen atoms in total. The van der Waals surface area contributed by atoms with Crippen LogP contribution in [0, 0.1) is 0 Å². The third-order valence-electron chi connectivity index (χ3n) is 3.45. The molecule has 2 rings (SSSR count). The van der Waals surface area contributed by atoms with Crippen molar-refractivity contribution >= 4 is 11.6 Å². The van der Waals surface area contributed by atoms with Gasteiger partial charge in [-0.3, -0.25) is 0 Å². The topological polar surface area (TPSA) is 20.2 Å². The highest BCUT2D eigenvalue weighted by Crippen LogP contribution is 2.26. The summed E-state index contributed by atoms with van der Waals surface area (Å²) >= 11 is 5.87. The van der Waals surface area contributed by atoms with Crippen LogP contribution in [0.25, 0.3) is 0 Å². The molecule has 0 aromatic heterocycles. The summed E-state index contributed by atoms with van der Waals surface area (Å²) in [4.78, 5) is 0. The van der Waals surface area contributed by atoms with Gasteiger partial charge in [0.2, 0.25) is 0 Å². The van der Waals surface area contributed by atoms with Crippen molar-refractivity contribution in [3.8, 4) is 0 Å². The molecule has 0 radical (unpaired) electrons. The molecular formula is C17H19ClO. The van der Waals surface area contributed by atoms with E-state index in [0.717, 1.165) is 17.5 Å². The largest absolute Gasteiger partial charge is 0.385 e. The monoisotopic (exact) mass is 274 g/mol. The average Bonchev–Trinajstić information content (AvgIpc) is 2.40. The van der Waals surface area contributed by atoms with Gasteiger partial charge in [-0.15, -0.1) is 0 Å². The van der Waals surface area contributed by atoms with Crippen LogP contribution < -0.4 is 0 Å². The molecule has 2 aromatic carbocycles. The molecule has 1 N–H and O–H groups in total. The lowest BCUT2D eigenvalue weighted by Gasteiger charge is -2.24. The second kappa shape index (κ2) is 5.77. The lowest BCUT2D eigenvalue weighted by atomic mass is 9.89. The molecule has 0 saturated carbocycles. The molecule has 0 spiro atoms. The van der Waals surface area contributed by atoms with Gasteiger partial charge in [0, 0.05) is 11.4 Å². The first-order chi connectivity index (χ1) is 9.01. The standard InChI is InChI=1S/C17H19ClO/c1-3-13-4-6-14(7-5-13)12-17(2,19)15-8-10-16(18)11-9-15/h4-11,19H,3,12H2,1-2H3. The van der Waals surface area contributed by atoms with Gasteiger partial charge in [-0.05, 0) is 42.2 Å². The van der Waals surface area contributed by atoms with Gasteiger partial charge in [-0.2, -0.15) is 0 Å². The van der Waals surface area contributed by atoms with E-state index >= 15 is 0 Å². The van der Waals surface area contributed by atoms with Crippen molar-refractivity contribution in [1.82, 2.24) is 0 Å². The molecule has 2 heteroatoms. The Morgan fingerprint density at radius 1 is 0.947 bits per heavy atom. The summed E-state index contributed by atoms with van der Waals surface area (Å²) < 4.78 is 0. The van der Waals surface area contributed by atoms with E-state index in [1.54, 1.807) is 0 Å². The Balaban J connectivity index is 2.17. The maximum absolute atomic E-state index is 10.6. The predicted octanol–water partition coefficient (Wildman–Crippen LogP) is 4.35. The van der Waals surface area contributed by atoms with Gasteiger partial charge < -0.3 is 5.11 Å². The normalized spacial score (nSPS) is 14.1. The molecule has 0 heterocycles. The van der Waals surface area contributed by atoms with Crippen LogP contribution in [0.5, 0.6) is 0 Å². The van der Waals surface area contributed by atoms with Gasteiger partial charge in [0.15, 0.2) is 0 Å². The fourth-order valence-electron chi connectivity index (χ4n) is 2.20. The molecule has 0 saturated heterocycles. The number of hydrogen-bond donors (Lipinski definition) is 1. The first-order valence-corrected chi connectivity index (χ1v) is 6.95. The van der Waals surface area contributed by atoms with Crippen LogP contribution in [0.15, 0.2) is 48.5 Å². The summed E-state index contributed by atoms with van der Waals surface area (Å²) in [5, 5.41) is 11.3. The summed E-state index contributed by atoms with van der Waals surface area (Å²) in [6.07, 6.45) is 1.63. The Morgan fingerprint density at radius 3 is 2.00 bits per heavy atom. The summed E-state index contributed by atoms with van der Waals surface area (Å²) in [6, 6.07) is 15.8. The third-order valence-corrected chi connectivity index (χ3v) is 3.70. The molecule has 0 aliphatic heterocycles. The minimum atomic E-state index is -0.877. The molecule has 0 aliphatic rings. The number of aliphatic hydroxyl groups is 1. The van der Waals surface area contributed by atoms with Gasteiger partial charge in [-0.1, -0.05) is 54.9 Å². The van der Waals surface area contributed by atoms with Crippen LogP contribution in [-0.4, -0.2) is 5.11 Å². The van der Waals surface area contributed by atoms with Crippen LogP contribution >= 0.6 is 11.6 Å². The van der Waals surface area contributed by atoms with Gasteiger partial charge in [-0.25, -0.2) is 0 Å². The highest BCUT2D eigenvalue weighted by Gasteiger charge is 2.23. The van der Waals surface area contributed by atoms with Crippen LogP contribution in [-0.2, 0) is 18.4 Å². The molecule has 1 atom stereocenters. The molecule has 100 valence electrons. The van der Waals surface area contributed by atoms with Crippen molar-refractivity contribution < 1.29 is 5.11 Å². The van der Waals surface area contributed by atoms with Crippen molar-refractivity contribution in [2.45, 2.75) is 32.3 Å². The fraction of sp³-hybridized carbons (Fsp3) is 0.294. The number of rotatable bonds is 4. The van der Waals surface area contributed by atoms with Crippen LogP contribution in [0.1, 0.15) is 30.5 Å².